The summed E-state index contributed by atoms with van der Waals surface area (Å²) >= 11 is 0. The van der Waals surface area contributed by atoms with Crippen LogP contribution in [0, 0.1) is 0 Å². The van der Waals surface area contributed by atoms with Crippen molar-refractivity contribution in [1.82, 2.24) is 4.90 Å². The summed E-state index contributed by atoms with van der Waals surface area (Å²) in [6, 6.07) is 9.61. The van der Waals surface area contributed by atoms with Crippen LogP contribution in [0.3, 0.4) is 0 Å². The van der Waals surface area contributed by atoms with Crippen LogP contribution >= 0.6 is 0 Å². The molecule has 0 radical (unpaired) electrons. The largest absolute Gasteiger partial charge is 0.489 e. The highest BCUT2D eigenvalue weighted by atomic mass is 16.6. The Balaban J connectivity index is 1.46. The molecule has 1 amide bonds. The van der Waals surface area contributed by atoms with Gasteiger partial charge in [0.1, 0.15) is 24.1 Å². The average molecular weight is 411 g/mol. The Kier molecular flexibility index (Phi) is 6.98. The number of ether oxygens (including phenoxy) is 3. The zero-order chi connectivity index (χ0) is 21.6. The molecule has 1 unspecified atom stereocenters. The Labute approximate surface area is 177 Å². The highest BCUT2D eigenvalue weighted by molar-refractivity contribution is 5.92. The van der Waals surface area contributed by atoms with E-state index in [0.717, 1.165) is 12.0 Å². The minimum atomic E-state index is -0.534. The van der Waals surface area contributed by atoms with Crippen molar-refractivity contribution in [1.29, 1.82) is 0 Å². The van der Waals surface area contributed by atoms with E-state index in [1.807, 2.05) is 63.3 Å². The van der Waals surface area contributed by atoms with E-state index in [2.05, 4.69) is 0 Å². The van der Waals surface area contributed by atoms with Crippen molar-refractivity contribution in [2.45, 2.75) is 51.9 Å². The van der Waals surface area contributed by atoms with Crippen LogP contribution in [-0.4, -0.2) is 41.8 Å². The predicted octanol–water partition coefficient (Wildman–Crippen LogP) is 4.53. The van der Waals surface area contributed by atoms with Crippen LogP contribution in [0.5, 0.6) is 0 Å². The van der Waals surface area contributed by atoms with E-state index in [-0.39, 0.29) is 24.8 Å². The second kappa shape index (κ2) is 9.65. The van der Waals surface area contributed by atoms with E-state index in [9.17, 15) is 9.59 Å². The van der Waals surface area contributed by atoms with E-state index in [1.165, 1.54) is 0 Å². The highest BCUT2D eigenvalue weighted by Crippen LogP contribution is 2.21. The smallest absolute Gasteiger partial charge is 0.410 e. The third kappa shape index (κ3) is 6.51. The zero-order valence-corrected chi connectivity index (χ0v) is 17.8. The van der Waals surface area contributed by atoms with Gasteiger partial charge in [-0.25, -0.2) is 9.59 Å². The maximum Gasteiger partial charge on any atom is 0.410 e. The van der Waals surface area contributed by atoms with E-state index in [4.69, 9.17) is 14.2 Å². The van der Waals surface area contributed by atoms with Gasteiger partial charge in [0.2, 0.25) is 0 Å². The number of carbonyl (C=O) groups is 2. The Hall–Kier alpha value is -3.02. The van der Waals surface area contributed by atoms with Crippen LogP contribution in [0.2, 0.25) is 0 Å². The van der Waals surface area contributed by atoms with Crippen molar-refractivity contribution in [2.75, 3.05) is 13.1 Å². The molecule has 0 spiro atoms. The summed E-state index contributed by atoms with van der Waals surface area (Å²) in [7, 11) is 0. The Morgan fingerprint density at radius 1 is 1.10 bits per heavy atom. The molecule has 30 heavy (non-hydrogen) atoms. The van der Waals surface area contributed by atoms with Crippen molar-refractivity contribution >= 4 is 12.1 Å². The molecular formula is C24H29NO5. The second-order valence-electron chi connectivity index (χ2n) is 8.35. The van der Waals surface area contributed by atoms with Crippen LogP contribution < -0.4 is 0 Å². The maximum absolute atomic E-state index is 12.3. The van der Waals surface area contributed by atoms with Gasteiger partial charge >= 0.3 is 12.1 Å². The SMILES string of the molecule is CC(C)(C)OC(=O)C1=CCC=C(OC2CCN(C(=O)OCc3ccccc3)C2)C=C1. The van der Waals surface area contributed by atoms with E-state index < -0.39 is 5.60 Å². The van der Waals surface area contributed by atoms with Crippen molar-refractivity contribution in [3.63, 3.8) is 0 Å². The van der Waals surface area contributed by atoms with Crippen LogP contribution in [-0.2, 0) is 25.6 Å². The number of likely N-dealkylation sites (tertiary alicyclic amines) is 1. The first-order chi connectivity index (χ1) is 14.3. The number of allylic oxidation sites excluding steroid dienone is 3. The quantitative estimate of drug-likeness (QED) is 0.666. The molecule has 2 aliphatic rings. The third-order valence-corrected chi connectivity index (χ3v) is 4.63. The molecule has 1 heterocycles. The van der Waals surface area contributed by atoms with Gasteiger partial charge in [0, 0.05) is 13.0 Å². The molecular weight excluding hydrogens is 382 g/mol. The van der Waals surface area contributed by atoms with Crippen LogP contribution in [0.4, 0.5) is 4.79 Å². The molecule has 0 saturated carbocycles. The van der Waals surface area contributed by atoms with Gasteiger partial charge in [0.25, 0.3) is 0 Å². The number of hydrogen-bond donors (Lipinski definition) is 0. The predicted molar refractivity (Wildman–Crippen MR) is 113 cm³/mol. The van der Waals surface area contributed by atoms with Gasteiger partial charge in [-0.3, -0.25) is 0 Å². The first-order valence-corrected chi connectivity index (χ1v) is 10.2. The monoisotopic (exact) mass is 411 g/mol. The van der Waals surface area contributed by atoms with E-state index in [0.29, 0.717) is 30.8 Å². The summed E-state index contributed by atoms with van der Waals surface area (Å²) in [5.41, 5.74) is 0.935. The number of benzene rings is 1. The number of nitrogens with zero attached hydrogens (tertiary/aromatic N) is 1. The number of amides is 1. The van der Waals surface area contributed by atoms with Crippen LogP contribution in [0.15, 0.2) is 66.0 Å². The van der Waals surface area contributed by atoms with Crippen molar-refractivity contribution in [2.24, 2.45) is 0 Å². The summed E-state index contributed by atoms with van der Waals surface area (Å²) in [6.45, 7) is 6.86. The molecule has 6 heteroatoms. The lowest BCUT2D eigenvalue weighted by atomic mass is 10.1. The Morgan fingerprint density at radius 2 is 1.87 bits per heavy atom. The first kappa shape index (κ1) is 21.7. The normalized spacial score (nSPS) is 18.9. The standard InChI is InChI=1S/C24H29NO5/c1-24(2,3)30-22(26)19-10-7-11-20(13-12-19)29-21-14-15-25(16-21)23(27)28-17-18-8-5-4-6-9-18/h4-6,8-13,21H,7,14-17H2,1-3H3. The molecule has 0 bridgehead atoms. The van der Waals surface area contributed by atoms with Gasteiger partial charge in [-0.1, -0.05) is 36.4 Å². The van der Waals surface area contributed by atoms with Gasteiger partial charge in [0.05, 0.1) is 12.1 Å². The molecule has 1 aromatic rings. The fourth-order valence-corrected chi connectivity index (χ4v) is 3.18. The van der Waals surface area contributed by atoms with Crippen molar-refractivity contribution in [3.05, 3.63) is 71.5 Å². The average Bonchev–Trinajstić information content (AvgIpc) is 3.03. The Morgan fingerprint density at radius 3 is 2.60 bits per heavy atom. The molecule has 1 aliphatic heterocycles. The van der Waals surface area contributed by atoms with Gasteiger partial charge < -0.3 is 19.1 Å². The van der Waals surface area contributed by atoms with Crippen molar-refractivity contribution in [3.8, 4) is 0 Å². The topological polar surface area (TPSA) is 65.1 Å². The summed E-state index contributed by atoms with van der Waals surface area (Å²) in [4.78, 5) is 26.2. The summed E-state index contributed by atoms with van der Waals surface area (Å²) in [5, 5.41) is 0. The molecule has 1 atom stereocenters. The van der Waals surface area contributed by atoms with Crippen LogP contribution in [0.1, 0.15) is 39.2 Å². The number of esters is 1. The number of rotatable bonds is 5. The lowest BCUT2D eigenvalue weighted by Gasteiger charge is -2.19. The lowest BCUT2D eigenvalue weighted by Crippen LogP contribution is -2.30. The molecule has 6 nitrogen and oxygen atoms in total. The zero-order valence-electron chi connectivity index (χ0n) is 17.8. The lowest BCUT2D eigenvalue weighted by molar-refractivity contribution is -0.149. The van der Waals surface area contributed by atoms with Gasteiger partial charge in [-0.2, -0.15) is 0 Å². The third-order valence-electron chi connectivity index (χ3n) is 4.63. The number of hydrogen-bond acceptors (Lipinski definition) is 5. The molecule has 0 N–H and O–H groups in total. The molecule has 1 saturated heterocycles. The fraction of sp³-hybridized carbons (Fsp3) is 0.417. The van der Waals surface area contributed by atoms with Gasteiger partial charge in [-0.15, -0.1) is 0 Å². The molecule has 1 fully saturated rings. The van der Waals surface area contributed by atoms with E-state index >= 15 is 0 Å². The highest BCUT2D eigenvalue weighted by Gasteiger charge is 2.29. The maximum atomic E-state index is 12.3. The summed E-state index contributed by atoms with van der Waals surface area (Å²) < 4.78 is 16.9. The Bertz CT molecular complexity index is 848. The summed E-state index contributed by atoms with van der Waals surface area (Å²) in [6.07, 6.45) is 8.11. The first-order valence-electron chi connectivity index (χ1n) is 10.2. The summed E-state index contributed by atoms with van der Waals surface area (Å²) in [5.74, 6) is 0.343. The minimum absolute atomic E-state index is 0.103. The molecule has 0 aromatic heterocycles. The minimum Gasteiger partial charge on any atom is -0.489 e. The second-order valence-corrected chi connectivity index (χ2v) is 8.35. The van der Waals surface area contributed by atoms with Gasteiger partial charge in [-0.05, 0) is 51.0 Å². The van der Waals surface area contributed by atoms with Crippen LogP contribution in [0.25, 0.3) is 0 Å². The molecule has 1 aromatic carbocycles. The van der Waals surface area contributed by atoms with Crippen molar-refractivity contribution < 1.29 is 23.8 Å². The molecule has 1 aliphatic carbocycles. The number of carbonyl (C=O) groups excluding carboxylic acids is 2. The fourth-order valence-electron chi connectivity index (χ4n) is 3.18. The van der Waals surface area contributed by atoms with Gasteiger partial charge in [0.15, 0.2) is 0 Å². The van der Waals surface area contributed by atoms with E-state index in [1.54, 1.807) is 17.1 Å². The molecule has 160 valence electrons. The molecule has 3 rings (SSSR count).